The van der Waals surface area contributed by atoms with Crippen molar-refractivity contribution in [2.45, 2.75) is 51.6 Å². The van der Waals surface area contributed by atoms with Gasteiger partial charge in [-0.05, 0) is 51.3 Å². The smallest absolute Gasteiger partial charge is 0.270 e. The van der Waals surface area contributed by atoms with Gasteiger partial charge in [0.05, 0.1) is 0 Å². The summed E-state index contributed by atoms with van der Waals surface area (Å²) in [6.07, 6.45) is 4.38. The van der Waals surface area contributed by atoms with E-state index in [1.165, 1.54) is 0 Å². The van der Waals surface area contributed by atoms with E-state index in [0.717, 1.165) is 37.9 Å². The molecule has 2 N–H and O–H groups in total. The van der Waals surface area contributed by atoms with E-state index in [-0.39, 0.29) is 5.91 Å². The minimum absolute atomic E-state index is 0.0457. The molecule has 4 heteroatoms. The fourth-order valence-electron chi connectivity index (χ4n) is 2.66. The molecule has 0 aromatic carbocycles. The monoisotopic (exact) mass is 261 g/mol. The molecule has 1 fully saturated rings. The van der Waals surface area contributed by atoms with Crippen LogP contribution < -0.4 is 10.6 Å². The molecule has 1 aromatic heterocycles. The molecule has 1 saturated carbocycles. The Morgan fingerprint density at radius 3 is 2.58 bits per heavy atom. The van der Waals surface area contributed by atoms with Crippen LogP contribution in [0, 0.1) is 6.92 Å². The van der Waals surface area contributed by atoms with Crippen LogP contribution in [0.4, 0.5) is 0 Å². The molecule has 0 unspecified atom stereocenters. The highest BCUT2D eigenvalue weighted by atomic mass is 16.1. The first kappa shape index (κ1) is 14.0. The van der Waals surface area contributed by atoms with E-state index in [1.54, 1.807) is 6.07 Å². The predicted molar refractivity (Wildman–Crippen MR) is 76.2 cm³/mol. The van der Waals surface area contributed by atoms with Gasteiger partial charge < -0.3 is 10.6 Å². The second kappa shape index (κ2) is 6.66. The number of aryl methyl sites for hydroxylation is 1. The van der Waals surface area contributed by atoms with Crippen molar-refractivity contribution in [1.29, 1.82) is 0 Å². The average molecular weight is 261 g/mol. The Bertz CT molecular complexity index is 425. The van der Waals surface area contributed by atoms with Gasteiger partial charge >= 0.3 is 0 Å². The highest BCUT2D eigenvalue weighted by Crippen LogP contribution is 2.18. The molecule has 4 nitrogen and oxygen atoms in total. The third-order valence-electron chi connectivity index (χ3n) is 3.68. The fourth-order valence-corrected chi connectivity index (χ4v) is 2.66. The van der Waals surface area contributed by atoms with Crippen LogP contribution in [0.5, 0.6) is 0 Å². The molecular formula is C15H23N3O. The Kier molecular flexibility index (Phi) is 4.91. The van der Waals surface area contributed by atoms with Crippen molar-refractivity contribution >= 4 is 5.91 Å². The lowest BCUT2D eigenvalue weighted by molar-refractivity contribution is 0.0919. The first-order valence-electron chi connectivity index (χ1n) is 7.17. The van der Waals surface area contributed by atoms with Crippen LogP contribution in [0.1, 0.15) is 48.8 Å². The van der Waals surface area contributed by atoms with Crippen LogP contribution in [-0.2, 0) is 0 Å². The minimum Gasteiger partial charge on any atom is -0.348 e. The van der Waals surface area contributed by atoms with Gasteiger partial charge in [-0.25, -0.2) is 4.98 Å². The maximum atomic E-state index is 12.1. The minimum atomic E-state index is -0.0457. The number of carbonyl (C=O) groups excluding carboxylic acids is 1. The zero-order chi connectivity index (χ0) is 13.7. The molecule has 1 aliphatic rings. The molecule has 0 aliphatic heterocycles. The van der Waals surface area contributed by atoms with Gasteiger partial charge in [0.1, 0.15) is 5.69 Å². The molecule has 0 saturated heterocycles. The third kappa shape index (κ3) is 4.03. The van der Waals surface area contributed by atoms with Crippen molar-refractivity contribution in [3.8, 4) is 0 Å². The first-order chi connectivity index (χ1) is 9.19. The number of hydrogen-bond donors (Lipinski definition) is 2. The molecule has 1 heterocycles. The highest BCUT2D eigenvalue weighted by Gasteiger charge is 2.22. The topological polar surface area (TPSA) is 54.0 Å². The summed E-state index contributed by atoms with van der Waals surface area (Å²) in [4.78, 5) is 16.3. The van der Waals surface area contributed by atoms with Crippen molar-refractivity contribution in [3.63, 3.8) is 0 Å². The second-order valence-electron chi connectivity index (χ2n) is 5.24. The Morgan fingerprint density at radius 1 is 1.26 bits per heavy atom. The van der Waals surface area contributed by atoms with Crippen LogP contribution in [0.15, 0.2) is 18.2 Å². The molecule has 1 aliphatic carbocycles. The van der Waals surface area contributed by atoms with Crippen LogP contribution in [0.3, 0.4) is 0 Å². The molecular weight excluding hydrogens is 238 g/mol. The molecule has 0 spiro atoms. The van der Waals surface area contributed by atoms with Gasteiger partial charge in [0, 0.05) is 17.8 Å². The van der Waals surface area contributed by atoms with Crippen molar-refractivity contribution in [2.24, 2.45) is 0 Å². The number of pyridine rings is 1. The summed E-state index contributed by atoms with van der Waals surface area (Å²) in [6, 6.07) is 6.46. The lowest BCUT2D eigenvalue weighted by Crippen LogP contribution is -2.42. The first-order valence-corrected chi connectivity index (χ1v) is 7.17. The molecule has 0 atom stereocenters. The van der Waals surface area contributed by atoms with Crippen molar-refractivity contribution in [3.05, 3.63) is 29.6 Å². The lowest BCUT2D eigenvalue weighted by Gasteiger charge is -2.29. The van der Waals surface area contributed by atoms with Crippen LogP contribution >= 0.6 is 0 Å². The van der Waals surface area contributed by atoms with Gasteiger partial charge in [-0.1, -0.05) is 13.0 Å². The highest BCUT2D eigenvalue weighted by molar-refractivity contribution is 5.92. The van der Waals surface area contributed by atoms with Gasteiger partial charge in [-0.15, -0.1) is 0 Å². The fraction of sp³-hybridized carbons (Fsp3) is 0.600. The summed E-state index contributed by atoms with van der Waals surface area (Å²) in [5.41, 5.74) is 1.40. The summed E-state index contributed by atoms with van der Waals surface area (Å²) >= 11 is 0. The normalized spacial score (nSPS) is 23.1. The molecule has 1 aromatic rings. The maximum absolute atomic E-state index is 12.1. The standard InChI is InChI=1S/C15H23N3O/c1-3-16-12-7-9-13(10-8-12)18-15(19)14-6-4-5-11(2)17-14/h4-6,12-13,16H,3,7-10H2,1-2H3,(H,18,19). The molecule has 0 radical (unpaired) electrons. The van der Waals surface area contributed by atoms with Crippen LogP contribution in [0.2, 0.25) is 0 Å². The summed E-state index contributed by atoms with van der Waals surface area (Å²) in [6.45, 7) is 5.06. The molecule has 0 bridgehead atoms. The Morgan fingerprint density at radius 2 is 1.95 bits per heavy atom. The van der Waals surface area contributed by atoms with Gasteiger partial charge in [0.15, 0.2) is 0 Å². The molecule has 104 valence electrons. The van der Waals surface area contributed by atoms with Gasteiger partial charge in [0.25, 0.3) is 5.91 Å². The van der Waals surface area contributed by atoms with Gasteiger partial charge in [-0.2, -0.15) is 0 Å². The van der Waals surface area contributed by atoms with E-state index in [9.17, 15) is 4.79 Å². The van der Waals surface area contributed by atoms with Gasteiger partial charge in [-0.3, -0.25) is 4.79 Å². The summed E-state index contributed by atoms with van der Waals surface area (Å²) in [7, 11) is 0. The average Bonchev–Trinajstić information content (AvgIpc) is 2.41. The second-order valence-corrected chi connectivity index (χ2v) is 5.24. The number of nitrogens with zero attached hydrogens (tertiary/aromatic N) is 1. The van der Waals surface area contributed by atoms with E-state index >= 15 is 0 Å². The maximum Gasteiger partial charge on any atom is 0.270 e. The van der Waals surface area contributed by atoms with E-state index in [0.29, 0.717) is 17.8 Å². The van der Waals surface area contributed by atoms with Crippen LogP contribution in [0.25, 0.3) is 0 Å². The van der Waals surface area contributed by atoms with Crippen molar-refractivity contribution in [1.82, 2.24) is 15.6 Å². The molecule has 19 heavy (non-hydrogen) atoms. The zero-order valence-corrected chi connectivity index (χ0v) is 11.8. The third-order valence-corrected chi connectivity index (χ3v) is 3.68. The Labute approximate surface area is 115 Å². The largest absolute Gasteiger partial charge is 0.348 e. The Balaban J connectivity index is 1.84. The molecule has 1 amide bonds. The molecule has 2 rings (SSSR count). The zero-order valence-electron chi connectivity index (χ0n) is 11.8. The number of carbonyl (C=O) groups is 1. The summed E-state index contributed by atoms with van der Waals surface area (Å²) in [5, 5.41) is 6.57. The number of nitrogens with one attached hydrogen (secondary N) is 2. The van der Waals surface area contributed by atoms with E-state index in [1.807, 2.05) is 19.1 Å². The van der Waals surface area contributed by atoms with Gasteiger partial charge in [0.2, 0.25) is 0 Å². The SMILES string of the molecule is CCNC1CCC(NC(=O)c2cccc(C)n2)CC1. The van der Waals surface area contributed by atoms with Crippen molar-refractivity contribution in [2.75, 3.05) is 6.54 Å². The van der Waals surface area contributed by atoms with E-state index in [4.69, 9.17) is 0 Å². The number of rotatable bonds is 4. The number of amides is 1. The number of aromatic nitrogens is 1. The Hall–Kier alpha value is -1.42. The predicted octanol–water partition coefficient (Wildman–Crippen LogP) is 2.04. The summed E-state index contributed by atoms with van der Waals surface area (Å²) < 4.78 is 0. The quantitative estimate of drug-likeness (QED) is 0.872. The van der Waals surface area contributed by atoms with Crippen molar-refractivity contribution < 1.29 is 4.79 Å². The number of hydrogen-bond acceptors (Lipinski definition) is 3. The lowest BCUT2D eigenvalue weighted by atomic mass is 9.91. The summed E-state index contributed by atoms with van der Waals surface area (Å²) in [5.74, 6) is -0.0457. The van der Waals surface area contributed by atoms with E-state index < -0.39 is 0 Å². The van der Waals surface area contributed by atoms with Crippen LogP contribution in [-0.4, -0.2) is 29.5 Å². The van der Waals surface area contributed by atoms with E-state index in [2.05, 4.69) is 22.5 Å².